The van der Waals surface area contributed by atoms with Crippen LogP contribution in [0.4, 0.5) is 0 Å². The van der Waals surface area contributed by atoms with Gasteiger partial charge in [-0.15, -0.1) is 0 Å². The predicted molar refractivity (Wildman–Crippen MR) is 65.4 cm³/mol. The molecule has 0 saturated carbocycles. The standard InChI is InChI=1S/Ni.4H2S.4S.2W/h;4*1H2;;;;;;/p-4. The molecule has 0 aromatic heterocycles. The summed E-state index contributed by atoms with van der Waals surface area (Å²) in [6.45, 7) is 0. The zero-order valence-electron chi connectivity index (χ0n) is 4.55. The van der Waals surface area contributed by atoms with Gasteiger partial charge in [0.05, 0.1) is 0 Å². The van der Waals surface area contributed by atoms with Crippen molar-refractivity contribution in [1.82, 2.24) is 0 Å². The second-order valence-electron chi connectivity index (χ2n) is 0.136. The Balaban J connectivity index is -0.00000000400. The first-order valence-electron chi connectivity index (χ1n) is 0.667. The van der Waals surface area contributed by atoms with Crippen LogP contribution in [0.15, 0.2) is 0 Å². The van der Waals surface area contributed by atoms with Gasteiger partial charge in [0.2, 0.25) is 0 Å². The second kappa shape index (κ2) is 64.7. The van der Waals surface area contributed by atoms with Crippen molar-refractivity contribution in [3.8, 4) is 0 Å². The Bertz CT molecular complexity index is 66.1. The predicted octanol–water partition coefficient (Wildman–Crippen LogP) is 1.50. The molecule has 0 bridgehead atoms. The molecule has 11 heavy (non-hydrogen) atoms. The number of rotatable bonds is 0. The van der Waals surface area contributed by atoms with Gasteiger partial charge in [-0.3, -0.25) is 0 Å². The van der Waals surface area contributed by atoms with Crippen molar-refractivity contribution >= 4 is 93.3 Å². The van der Waals surface area contributed by atoms with Crippen molar-refractivity contribution in [2.24, 2.45) is 0 Å². The fourth-order valence-electron chi connectivity index (χ4n) is 0. The third kappa shape index (κ3) is 121. The molecule has 0 nitrogen and oxygen atoms in total. The van der Waals surface area contributed by atoms with E-state index in [1.54, 1.807) is 0 Å². The van der Waals surface area contributed by atoms with E-state index < -0.39 is 29.8 Å². The monoisotopic (exact) mass is 686 g/mol. The molecule has 0 N–H and O–H groups in total. The first kappa shape index (κ1) is 45.7. The van der Waals surface area contributed by atoms with Crippen LogP contribution in [-0.2, 0) is 100 Å². The van der Waals surface area contributed by atoms with E-state index in [4.69, 9.17) is 0 Å². The average Bonchev–Trinajstić information content (AvgIpc) is 1.39. The van der Waals surface area contributed by atoms with Gasteiger partial charge >= 0.3 is 69.1 Å². The fraction of sp³-hybridized carbons (Fsp3) is 0. The molecular weight excluding hydrogens is 683 g/mol. The molecule has 0 rings (SSSR count). The van der Waals surface area contributed by atoms with Crippen LogP contribution in [0.1, 0.15) is 0 Å². The van der Waals surface area contributed by atoms with Gasteiger partial charge in [0.15, 0.2) is 0 Å². The number of thiol groups is 4. The van der Waals surface area contributed by atoms with E-state index in [1.807, 2.05) is 0 Å². The Morgan fingerprint density at radius 1 is 0.545 bits per heavy atom. The minimum atomic E-state index is -0.583. The fourth-order valence-corrected chi connectivity index (χ4v) is 0. The SMILES string of the molecule is [Ni].[SH-].[SH-].[SH-].[SH-].[S]=[W]=[S].[S]=[W]=[S]. The Labute approximate surface area is 137 Å². The van der Waals surface area contributed by atoms with Gasteiger partial charge in [-0.2, -0.15) is 0 Å². The van der Waals surface area contributed by atoms with Crippen molar-refractivity contribution in [2.45, 2.75) is 0 Å². The molecule has 0 fully saturated rings. The van der Waals surface area contributed by atoms with Gasteiger partial charge in [0, 0.05) is 16.5 Å². The molecule has 0 atom stereocenters. The Hall–Kier alpha value is 4.15. The molecule has 0 aliphatic carbocycles. The second-order valence-corrected chi connectivity index (χ2v) is 10.0. The quantitative estimate of drug-likeness (QED) is 0.211. The summed E-state index contributed by atoms with van der Waals surface area (Å²) in [5.41, 5.74) is 0. The van der Waals surface area contributed by atoms with E-state index in [2.05, 4.69) is 39.3 Å². The van der Waals surface area contributed by atoms with Crippen molar-refractivity contribution in [3.63, 3.8) is 0 Å². The summed E-state index contributed by atoms with van der Waals surface area (Å²) in [5, 5.41) is 0. The molecule has 78 valence electrons. The normalized spacial score (nSPS) is 2.18. The molecule has 0 radical (unpaired) electrons. The topological polar surface area (TPSA) is 0 Å². The molecule has 0 aliphatic heterocycles. The van der Waals surface area contributed by atoms with E-state index in [1.165, 1.54) is 0 Å². The zero-order valence-corrected chi connectivity index (χ0v) is 18.3. The summed E-state index contributed by atoms with van der Waals surface area (Å²) in [5.74, 6) is 0. The summed E-state index contributed by atoms with van der Waals surface area (Å²) in [6.07, 6.45) is 0. The molecule has 0 aliphatic rings. The van der Waals surface area contributed by atoms with Gasteiger partial charge in [-0.1, -0.05) is 0 Å². The number of hydrogen-bond acceptors (Lipinski definition) is 8. The third-order valence-corrected chi connectivity index (χ3v) is 0. The van der Waals surface area contributed by atoms with Crippen molar-refractivity contribution in [2.75, 3.05) is 0 Å². The molecule has 0 amide bonds. The van der Waals surface area contributed by atoms with Crippen molar-refractivity contribution in [3.05, 3.63) is 0 Å². The van der Waals surface area contributed by atoms with Gasteiger partial charge in [0.1, 0.15) is 0 Å². The van der Waals surface area contributed by atoms with Crippen LogP contribution in [0.25, 0.3) is 0 Å². The summed E-state index contributed by atoms with van der Waals surface area (Å²) in [4.78, 5) is 0. The van der Waals surface area contributed by atoms with Gasteiger partial charge < -0.3 is 54.0 Å². The van der Waals surface area contributed by atoms with Gasteiger partial charge in [0.25, 0.3) is 0 Å². The minimum absolute atomic E-state index is 0. The van der Waals surface area contributed by atoms with Crippen molar-refractivity contribution < 1.29 is 46.3 Å². The van der Waals surface area contributed by atoms with Crippen LogP contribution in [0.2, 0.25) is 0 Å². The van der Waals surface area contributed by atoms with Crippen LogP contribution >= 0.6 is 39.3 Å². The van der Waals surface area contributed by atoms with Crippen LogP contribution in [0.3, 0.4) is 0 Å². The zero-order chi connectivity index (χ0) is 5.41. The van der Waals surface area contributed by atoms with E-state index in [-0.39, 0.29) is 70.5 Å². The van der Waals surface area contributed by atoms with E-state index in [0.717, 1.165) is 0 Å². The molecule has 11 heteroatoms. The number of hydrogen-bond donors (Lipinski definition) is 0. The Kier molecular flexibility index (Phi) is 269. The maximum absolute atomic E-state index is 4.38. The van der Waals surface area contributed by atoms with E-state index in [9.17, 15) is 0 Å². The average molecular weight is 687 g/mol. The summed E-state index contributed by atoms with van der Waals surface area (Å²) in [6, 6.07) is 0. The first-order chi connectivity index (χ1) is 2.83. The van der Waals surface area contributed by atoms with Crippen LogP contribution in [0, 0.1) is 0 Å². The molecule has 0 aromatic carbocycles. The summed E-state index contributed by atoms with van der Waals surface area (Å²) >= 11 is -1.17. The maximum atomic E-state index is 4.38. The molecule has 0 aromatic rings. The Morgan fingerprint density at radius 2 is 0.545 bits per heavy atom. The van der Waals surface area contributed by atoms with Gasteiger partial charge in [-0.25, -0.2) is 0 Å². The third-order valence-electron chi connectivity index (χ3n) is 0. The van der Waals surface area contributed by atoms with Crippen LogP contribution in [-0.4, -0.2) is 0 Å². The summed E-state index contributed by atoms with van der Waals surface area (Å²) in [7, 11) is 17.5. The van der Waals surface area contributed by atoms with Crippen LogP contribution in [0.5, 0.6) is 0 Å². The first-order valence-corrected chi connectivity index (χ1v) is 16.4. The molecule has 0 spiro atoms. The van der Waals surface area contributed by atoms with Gasteiger partial charge in [-0.05, 0) is 0 Å². The van der Waals surface area contributed by atoms with Crippen molar-refractivity contribution in [1.29, 1.82) is 0 Å². The Morgan fingerprint density at radius 3 is 0.545 bits per heavy atom. The molecular formula is H4NiS8W2-4. The molecule has 0 saturated heterocycles. The molecule has 0 heterocycles. The van der Waals surface area contributed by atoms with Crippen LogP contribution < -0.4 is 0 Å². The van der Waals surface area contributed by atoms with E-state index in [0.29, 0.717) is 0 Å². The van der Waals surface area contributed by atoms with E-state index >= 15 is 0 Å². The molecule has 0 unspecified atom stereocenters. The summed E-state index contributed by atoms with van der Waals surface area (Å²) < 4.78 is 0.